The van der Waals surface area contributed by atoms with Gasteiger partial charge in [-0.05, 0) is 30.8 Å². The number of hydrogen-bond acceptors (Lipinski definition) is 2. The minimum absolute atomic E-state index is 0. The topological polar surface area (TPSA) is 33.1 Å². The van der Waals surface area contributed by atoms with Gasteiger partial charge in [-0.15, -0.1) is 12.4 Å². The molecular weight excluding hydrogens is 182 g/mol. The number of pyridine rings is 1. The lowest BCUT2D eigenvalue weighted by Crippen LogP contribution is -2.00. The molecule has 0 spiro atoms. The van der Waals surface area contributed by atoms with Gasteiger partial charge in [0.05, 0.1) is 0 Å². The standard InChI is InChI=1S/C7H7NOS.ClH/c1-5-3-2-4-8-6(5)7(9)10;/h2-4H,1H3,(H,9,10);1H. The monoisotopic (exact) mass is 189 g/mol. The summed E-state index contributed by atoms with van der Waals surface area (Å²) in [5.74, 6) is 0. The van der Waals surface area contributed by atoms with Crippen molar-refractivity contribution in [1.29, 1.82) is 0 Å². The van der Waals surface area contributed by atoms with E-state index >= 15 is 0 Å². The number of halogens is 1. The molecule has 0 aliphatic carbocycles. The maximum absolute atomic E-state index is 8.87. The molecule has 11 heavy (non-hydrogen) atoms. The Labute approximate surface area is 76.7 Å². The lowest BCUT2D eigenvalue weighted by Gasteiger charge is -1.97. The van der Waals surface area contributed by atoms with E-state index in [1.165, 1.54) is 0 Å². The van der Waals surface area contributed by atoms with Crippen LogP contribution in [-0.4, -0.2) is 15.1 Å². The van der Waals surface area contributed by atoms with E-state index in [-0.39, 0.29) is 17.5 Å². The maximum atomic E-state index is 8.87. The number of aromatic nitrogens is 1. The Morgan fingerprint density at radius 3 is 2.64 bits per heavy atom. The zero-order valence-corrected chi connectivity index (χ0v) is 7.58. The van der Waals surface area contributed by atoms with E-state index in [0.29, 0.717) is 5.69 Å². The summed E-state index contributed by atoms with van der Waals surface area (Å²) in [5.41, 5.74) is 1.40. The van der Waals surface area contributed by atoms with Crippen molar-refractivity contribution in [3.63, 3.8) is 0 Å². The third-order valence-corrected chi connectivity index (χ3v) is 1.41. The second-order valence-corrected chi connectivity index (χ2v) is 2.36. The van der Waals surface area contributed by atoms with Crippen molar-refractivity contribution in [2.75, 3.05) is 0 Å². The van der Waals surface area contributed by atoms with E-state index in [0.717, 1.165) is 5.56 Å². The van der Waals surface area contributed by atoms with Gasteiger partial charge in [0.2, 0.25) is 5.05 Å². The number of hydrogen-bond donors (Lipinski definition) is 1. The van der Waals surface area contributed by atoms with E-state index in [2.05, 4.69) is 17.2 Å². The number of aliphatic hydroxyl groups excluding tert-OH is 1. The molecule has 1 rings (SSSR count). The normalized spacial score (nSPS) is 8.45. The largest absolute Gasteiger partial charge is 0.497 e. The summed E-state index contributed by atoms with van der Waals surface area (Å²) in [6.07, 6.45) is 1.60. The molecule has 0 aliphatic rings. The maximum Gasteiger partial charge on any atom is 0.207 e. The highest BCUT2D eigenvalue weighted by Gasteiger charge is 2.00. The third-order valence-electron chi connectivity index (χ3n) is 1.21. The van der Waals surface area contributed by atoms with E-state index in [1.807, 2.05) is 13.0 Å². The predicted molar refractivity (Wildman–Crippen MR) is 50.6 cm³/mol. The van der Waals surface area contributed by atoms with Crippen molar-refractivity contribution in [3.05, 3.63) is 29.6 Å². The van der Waals surface area contributed by atoms with Crippen LogP contribution in [0.1, 0.15) is 11.3 Å². The van der Waals surface area contributed by atoms with Crippen molar-refractivity contribution in [3.8, 4) is 0 Å². The molecule has 60 valence electrons. The van der Waals surface area contributed by atoms with Crippen LogP contribution in [0.15, 0.2) is 18.3 Å². The van der Waals surface area contributed by atoms with Gasteiger partial charge in [0.15, 0.2) is 0 Å². The van der Waals surface area contributed by atoms with Gasteiger partial charge in [-0.1, -0.05) is 6.07 Å². The molecule has 1 aromatic heterocycles. The third kappa shape index (κ3) is 2.44. The zero-order chi connectivity index (χ0) is 7.56. The Morgan fingerprint density at radius 1 is 1.64 bits per heavy atom. The summed E-state index contributed by atoms with van der Waals surface area (Å²) in [6.45, 7) is 1.85. The molecule has 1 aromatic rings. The fraction of sp³-hybridized carbons (Fsp3) is 0.143. The van der Waals surface area contributed by atoms with Crippen molar-refractivity contribution in [2.45, 2.75) is 6.92 Å². The first-order chi connectivity index (χ1) is 4.72. The number of nitrogens with zero attached hydrogens (tertiary/aromatic N) is 1. The summed E-state index contributed by atoms with van der Waals surface area (Å²) in [6, 6.07) is 3.65. The molecule has 0 bridgehead atoms. The predicted octanol–water partition coefficient (Wildman–Crippen LogP) is 2.05. The van der Waals surface area contributed by atoms with Crippen molar-refractivity contribution in [2.24, 2.45) is 0 Å². The smallest absolute Gasteiger partial charge is 0.207 e. The highest BCUT2D eigenvalue weighted by Crippen LogP contribution is 2.02. The Bertz CT molecular complexity index is 264. The van der Waals surface area contributed by atoms with E-state index < -0.39 is 0 Å². The number of rotatable bonds is 1. The second kappa shape index (κ2) is 4.26. The zero-order valence-electron chi connectivity index (χ0n) is 5.94. The van der Waals surface area contributed by atoms with Crippen LogP contribution < -0.4 is 0 Å². The van der Waals surface area contributed by atoms with Crippen LogP contribution in [0, 0.1) is 6.92 Å². The van der Waals surface area contributed by atoms with Gasteiger partial charge in [-0.2, -0.15) is 0 Å². The highest BCUT2D eigenvalue weighted by molar-refractivity contribution is 7.80. The molecule has 1 N–H and O–H groups in total. The molecule has 2 nitrogen and oxygen atoms in total. The van der Waals surface area contributed by atoms with E-state index in [4.69, 9.17) is 5.11 Å². The molecule has 0 atom stereocenters. The van der Waals surface area contributed by atoms with Crippen LogP contribution in [0.5, 0.6) is 0 Å². The van der Waals surface area contributed by atoms with Crippen LogP contribution in [0.4, 0.5) is 0 Å². The van der Waals surface area contributed by atoms with Gasteiger partial charge in [0.25, 0.3) is 0 Å². The summed E-state index contributed by atoms with van der Waals surface area (Å²) in [5, 5.41) is 8.73. The van der Waals surface area contributed by atoms with Gasteiger partial charge in [-0.3, -0.25) is 4.98 Å². The fourth-order valence-corrected chi connectivity index (χ4v) is 0.923. The highest BCUT2D eigenvalue weighted by atomic mass is 35.5. The molecule has 0 saturated heterocycles. The first kappa shape index (κ1) is 10.3. The molecule has 0 unspecified atom stereocenters. The van der Waals surface area contributed by atoms with E-state index in [9.17, 15) is 0 Å². The Morgan fingerprint density at radius 2 is 2.27 bits per heavy atom. The molecule has 0 aromatic carbocycles. The van der Waals surface area contributed by atoms with Crippen LogP contribution in [0.25, 0.3) is 0 Å². The molecule has 0 fully saturated rings. The summed E-state index contributed by atoms with van der Waals surface area (Å²) in [4.78, 5) is 3.89. The Kier molecular flexibility index (Phi) is 4.00. The van der Waals surface area contributed by atoms with E-state index in [1.54, 1.807) is 12.3 Å². The number of aliphatic hydroxyl groups is 1. The van der Waals surface area contributed by atoms with Gasteiger partial charge in [-0.25, -0.2) is 0 Å². The molecule has 1 heterocycles. The van der Waals surface area contributed by atoms with Gasteiger partial charge in [0, 0.05) is 6.20 Å². The molecule has 0 saturated carbocycles. The van der Waals surface area contributed by atoms with Crippen LogP contribution >= 0.6 is 24.6 Å². The average Bonchev–Trinajstić information content (AvgIpc) is 1.88. The fourth-order valence-electron chi connectivity index (χ4n) is 0.710. The second-order valence-electron chi connectivity index (χ2n) is 1.97. The van der Waals surface area contributed by atoms with Gasteiger partial charge in [0.1, 0.15) is 5.69 Å². The summed E-state index contributed by atoms with van der Waals surface area (Å²) >= 11 is 4.54. The Hall–Kier alpha value is -0.670. The van der Waals surface area contributed by atoms with Crippen molar-refractivity contribution >= 4 is 29.7 Å². The average molecular weight is 190 g/mol. The van der Waals surface area contributed by atoms with Crippen molar-refractivity contribution in [1.82, 2.24) is 4.98 Å². The van der Waals surface area contributed by atoms with Crippen LogP contribution in [-0.2, 0) is 0 Å². The van der Waals surface area contributed by atoms with Crippen LogP contribution in [0.2, 0.25) is 0 Å². The number of thiocarbonyl (C=S) groups is 1. The lowest BCUT2D eigenvalue weighted by atomic mass is 10.2. The lowest BCUT2D eigenvalue weighted by molar-refractivity contribution is 0.568. The first-order valence-corrected chi connectivity index (χ1v) is 3.27. The molecule has 0 radical (unpaired) electrons. The quantitative estimate of drug-likeness (QED) is 0.687. The molecule has 0 aliphatic heterocycles. The minimum atomic E-state index is -0.141. The van der Waals surface area contributed by atoms with Crippen LogP contribution in [0.3, 0.4) is 0 Å². The SMILES string of the molecule is Cc1cccnc1C(O)=S.Cl. The molecule has 0 amide bonds. The number of aryl methyl sites for hydroxylation is 1. The summed E-state index contributed by atoms with van der Waals surface area (Å²) < 4.78 is 0. The molecule has 4 heteroatoms. The minimum Gasteiger partial charge on any atom is -0.497 e. The van der Waals surface area contributed by atoms with Crippen molar-refractivity contribution < 1.29 is 5.11 Å². The van der Waals surface area contributed by atoms with Gasteiger partial charge < -0.3 is 5.11 Å². The van der Waals surface area contributed by atoms with Gasteiger partial charge >= 0.3 is 0 Å². The summed E-state index contributed by atoms with van der Waals surface area (Å²) in [7, 11) is 0. The first-order valence-electron chi connectivity index (χ1n) is 2.86. The Balaban J connectivity index is 0.000001000. The molecular formula is C7H8ClNOS.